The van der Waals surface area contributed by atoms with Crippen molar-refractivity contribution in [1.82, 2.24) is 4.98 Å². The SMILES string of the molecule is O=C(Nc1ccc(F)nc1F)C1OCCc2ccccc21. The summed E-state index contributed by atoms with van der Waals surface area (Å²) < 4.78 is 31.7. The second-order valence-electron chi connectivity index (χ2n) is 4.66. The highest BCUT2D eigenvalue weighted by Crippen LogP contribution is 2.28. The number of amides is 1. The molecule has 108 valence electrons. The number of ether oxygens (including phenoxy) is 1. The molecule has 1 aliphatic rings. The van der Waals surface area contributed by atoms with Gasteiger partial charge in [-0.25, -0.2) is 0 Å². The first-order chi connectivity index (χ1) is 10.1. The number of rotatable bonds is 2. The second-order valence-corrected chi connectivity index (χ2v) is 4.66. The molecule has 1 aromatic carbocycles. The van der Waals surface area contributed by atoms with Gasteiger partial charge >= 0.3 is 0 Å². The molecule has 0 aliphatic carbocycles. The monoisotopic (exact) mass is 290 g/mol. The second kappa shape index (κ2) is 5.57. The standard InChI is InChI=1S/C15H12F2N2O2/c16-12-6-5-11(14(17)19-12)18-15(20)13-10-4-2-1-3-9(10)7-8-21-13/h1-6,13H,7-8H2,(H,18,20). The molecule has 1 aliphatic heterocycles. The Kier molecular flexibility index (Phi) is 3.62. The predicted octanol–water partition coefficient (Wildman–Crippen LogP) is 2.61. The number of carbonyl (C=O) groups excluding carboxylic acids is 1. The number of halogens is 2. The highest BCUT2D eigenvalue weighted by Gasteiger charge is 2.27. The molecule has 6 heteroatoms. The van der Waals surface area contributed by atoms with Crippen LogP contribution in [-0.4, -0.2) is 17.5 Å². The summed E-state index contributed by atoms with van der Waals surface area (Å²) in [5, 5.41) is 2.38. The number of anilines is 1. The summed E-state index contributed by atoms with van der Waals surface area (Å²) in [5.41, 5.74) is 1.62. The van der Waals surface area contributed by atoms with E-state index in [1.165, 1.54) is 0 Å². The maximum atomic E-state index is 13.5. The summed E-state index contributed by atoms with van der Waals surface area (Å²) in [6, 6.07) is 9.55. The topological polar surface area (TPSA) is 51.2 Å². The summed E-state index contributed by atoms with van der Waals surface area (Å²) >= 11 is 0. The van der Waals surface area contributed by atoms with Crippen molar-refractivity contribution in [1.29, 1.82) is 0 Å². The Bertz CT molecular complexity index is 691. The van der Waals surface area contributed by atoms with Crippen LogP contribution in [0.2, 0.25) is 0 Å². The molecule has 0 saturated heterocycles. The van der Waals surface area contributed by atoms with E-state index in [1.54, 1.807) is 6.07 Å². The normalized spacial score (nSPS) is 17.1. The lowest BCUT2D eigenvalue weighted by molar-refractivity contribution is -0.128. The summed E-state index contributed by atoms with van der Waals surface area (Å²) in [6.45, 7) is 0.416. The van der Waals surface area contributed by atoms with Crippen molar-refractivity contribution >= 4 is 11.6 Å². The molecule has 1 N–H and O–H groups in total. The van der Waals surface area contributed by atoms with Crippen LogP contribution in [0.15, 0.2) is 36.4 Å². The van der Waals surface area contributed by atoms with Crippen LogP contribution in [0.4, 0.5) is 14.5 Å². The van der Waals surface area contributed by atoms with Crippen LogP contribution >= 0.6 is 0 Å². The molecule has 2 aromatic rings. The molecular formula is C15H12F2N2O2. The van der Waals surface area contributed by atoms with E-state index in [0.717, 1.165) is 29.7 Å². The molecule has 0 spiro atoms. The number of benzene rings is 1. The van der Waals surface area contributed by atoms with Gasteiger partial charge in [0.15, 0.2) is 6.10 Å². The lowest BCUT2D eigenvalue weighted by Gasteiger charge is -2.25. The zero-order chi connectivity index (χ0) is 14.8. The van der Waals surface area contributed by atoms with E-state index in [0.29, 0.717) is 6.61 Å². The maximum Gasteiger partial charge on any atom is 0.258 e. The minimum Gasteiger partial charge on any atom is -0.363 e. The van der Waals surface area contributed by atoms with E-state index in [-0.39, 0.29) is 5.69 Å². The van der Waals surface area contributed by atoms with Gasteiger partial charge in [0.05, 0.1) is 12.3 Å². The van der Waals surface area contributed by atoms with Crippen LogP contribution in [-0.2, 0) is 16.0 Å². The van der Waals surface area contributed by atoms with Crippen LogP contribution in [0.5, 0.6) is 0 Å². The molecule has 1 amide bonds. The number of carbonyl (C=O) groups is 1. The number of aromatic nitrogens is 1. The number of nitrogens with zero attached hydrogens (tertiary/aromatic N) is 1. The van der Waals surface area contributed by atoms with Gasteiger partial charge < -0.3 is 10.1 Å². The molecule has 1 unspecified atom stereocenters. The number of hydrogen-bond donors (Lipinski definition) is 1. The summed E-state index contributed by atoms with van der Waals surface area (Å²) in [6.07, 6.45) is -0.0775. The van der Waals surface area contributed by atoms with Gasteiger partial charge in [-0.1, -0.05) is 24.3 Å². The maximum absolute atomic E-state index is 13.5. The summed E-state index contributed by atoms with van der Waals surface area (Å²) in [5.74, 6) is -2.51. The van der Waals surface area contributed by atoms with E-state index in [1.807, 2.05) is 18.2 Å². The van der Waals surface area contributed by atoms with Crippen LogP contribution in [0.1, 0.15) is 17.2 Å². The Hall–Kier alpha value is -2.34. The van der Waals surface area contributed by atoms with Gasteiger partial charge in [0.2, 0.25) is 11.9 Å². The first kappa shape index (κ1) is 13.6. The third-order valence-electron chi connectivity index (χ3n) is 3.30. The molecule has 4 nitrogen and oxygen atoms in total. The molecule has 1 atom stereocenters. The molecule has 0 radical (unpaired) electrons. The van der Waals surface area contributed by atoms with E-state index in [2.05, 4.69) is 10.3 Å². The van der Waals surface area contributed by atoms with Crippen molar-refractivity contribution in [2.75, 3.05) is 11.9 Å². The van der Waals surface area contributed by atoms with Gasteiger partial charge in [-0.2, -0.15) is 13.8 Å². The Balaban J connectivity index is 1.83. The average molecular weight is 290 g/mol. The third kappa shape index (κ3) is 2.75. The predicted molar refractivity (Wildman–Crippen MR) is 71.6 cm³/mol. The highest BCUT2D eigenvalue weighted by atomic mass is 19.1. The summed E-state index contributed by atoms with van der Waals surface area (Å²) in [4.78, 5) is 15.3. The Morgan fingerprint density at radius 2 is 2.05 bits per heavy atom. The van der Waals surface area contributed by atoms with Crippen LogP contribution in [0.25, 0.3) is 0 Å². The Labute approximate surface area is 119 Å². The fourth-order valence-electron chi connectivity index (χ4n) is 2.31. The lowest BCUT2D eigenvalue weighted by Crippen LogP contribution is -2.28. The van der Waals surface area contributed by atoms with Crippen LogP contribution in [0, 0.1) is 11.9 Å². The molecule has 21 heavy (non-hydrogen) atoms. The molecule has 1 aromatic heterocycles. The molecule has 2 heterocycles. The first-order valence-electron chi connectivity index (χ1n) is 6.47. The van der Waals surface area contributed by atoms with Crippen molar-refractivity contribution in [2.24, 2.45) is 0 Å². The van der Waals surface area contributed by atoms with E-state index in [4.69, 9.17) is 4.74 Å². The molecule has 0 saturated carbocycles. The smallest absolute Gasteiger partial charge is 0.258 e. The number of fused-ring (bicyclic) bond motifs is 1. The minimum absolute atomic E-state index is 0.173. The fraction of sp³-hybridized carbons (Fsp3) is 0.200. The third-order valence-corrected chi connectivity index (χ3v) is 3.30. The average Bonchev–Trinajstić information content (AvgIpc) is 2.49. The van der Waals surface area contributed by atoms with Gasteiger partial charge in [-0.3, -0.25) is 4.79 Å². The van der Waals surface area contributed by atoms with Crippen molar-refractivity contribution < 1.29 is 18.3 Å². The molecule has 0 bridgehead atoms. The summed E-state index contributed by atoms with van der Waals surface area (Å²) in [7, 11) is 0. The van der Waals surface area contributed by atoms with Gasteiger partial charge in [-0.15, -0.1) is 0 Å². The Morgan fingerprint density at radius 3 is 2.86 bits per heavy atom. The van der Waals surface area contributed by atoms with Crippen LogP contribution in [0.3, 0.4) is 0 Å². The largest absolute Gasteiger partial charge is 0.363 e. The van der Waals surface area contributed by atoms with Gasteiger partial charge in [0.25, 0.3) is 5.91 Å². The van der Waals surface area contributed by atoms with E-state index < -0.39 is 23.9 Å². The number of nitrogens with one attached hydrogen (secondary N) is 1. The lowest BCUT2D eigenvalue weighted by atomic mass is 9.97. The zero-order valence-corrected chi connectivity index (χ0v) is 11.0. The minimum atomic E-state index is -1.06. The van der Waals surface area contributed by atoms with Gasteiger partial charge in [0, 0.05) is 0 Å². The van der Waals surface area contributed by atoms with Gasteiger partial charge in [-0.05, 0) is 29.7 Å². The zero-order valence-electron chi connectivity index (χ0n) is 11.0. The quantitative estimate of drug-likeness (QED) is 0.865. The number of hydrogen-bond acceptors (Lipinski definition) is 3. The van der Waals surface area contributed by atoms with Crippen molar-refractivity contribution in [3.05, 3.63) is 59.4 Å². The number of pyridine rings is 1. The van der Waals surface area contributed by atoms with E-state index in [9.17, 15) is 13.6 Å². The Morgan fingerprint density at radius 1 is 1.24 bits per heavy atom. The van der Waals surface area contributed by atoms with Crippen LogP contribution < -0.4 is 5.32 Å². The highest BCUT2D eigenvalue weighted by molar-refractivity contribution is 5.95. The first-order valence-corrected chi connectivity index (χ1v) is 6.47. The van der Waals surface area contributed by atoms with Crippen molar-refractivity contribution in [2.45, 2.75) is 12.5 Å². The van der Waals surface area contributed by atoms with Crippen molar-refractivity contribution in [3.63, 3.8) is 0 Å². The van der Waals surface area contributed by atoms with Gasteiger partial charge in [0.1, 0.15) is 0 Å². The molecular weight excluding hydrogens is 278 g/mol. The fourth-order valence-corrected chi connectivity index (χ4v) is 2.31. The molecule has 3 rings (SSSR count). The van der Waals surface area contributed by atoms with E-state index >= 15 is 0 Å². The van der Waals surface area contributed by atoms with Crippen molar-refractivity contribution in [3.8, 4) is 0 Å². The molecule has 0 fully saturated rings.